The molecule has 1 aromatic heterocycles. The predicted molar refractivity (Wildman–Crippen MR) is 96.4 cm³/mol. The van der Waals surface area contributed by atoms with Crippen molar-refractivity contribution in [1.29, 1.82) is 0 Å². The van der Waals surface area contributed by atoms with Crippen molar-refractivity contribution in [2.45, 2.75) is 20.1 Å². The summed E-state index contributed by atoms with van der Waals surface area (Å²) >= 11 is 5.87. The Morgan fingerprint density at radius 2 is 1.88 bits per heavy atom. The molecule has 0 fully saturated rings. The van der Waals surface area contributed by atoms with Crippen molar-refractivity contribution < 1.29 is 9.50 Å². The average Bonchev–Trinajstić information content (AvgIpc) is 2.64. The van der Waals surface area contributed by atoms with Gasteiger partial charge in [-0.3, -0.25) is 0 Å². The highest BCUT2D eigenvalue weighted by atomic mass is 35.5. The molecule has 0 unspecified atom stereocenters. The van der Waals surface area contributed by atoms with Crippen LogP contribution in [-0.4, -0.2) is 15.1 Å². The Hall–Kier alpha value is -2.34. The van der Waals surface area contributed by atoms with Gasteiger partial charge >= 0.3 is 0 Å². The van der Waals surface area contributed by atoms with E-state index in [1.807, 2.05) is 24.3 Å². The summed E-state index contributed by atoms with van der Waals surface area (Å²) in [6, 6.07) is 12.3. The van der Waals surface area contributed by atoms with Gasteiger partial charge in [-0.1, -0.05) is 35.9 Å². The largest absolute Gasteiger partial charge is 0.390 e. The Kier molecular flexibility index (Phi) is 5.08. The maximum absolute atomic E-state index is 14.3. The van der Waals surface area contributed by atoms with Crippen LogP contribution in [0.5, 0.6) is 0 Å². The number of halogens is 2. The van der Waals surface area contributed by atoms with E-state index in [4.69, 9.17) is 17.3 Å². The normalized spacial score (nSPS) is 10.9. The first-order valence-electron chi connectivity index (χ1n) is 7.77. The fourth-order valence-electron chi connectivity index (χ4n) is 2.68. The van der Waals surface area contributed by atoms with Gasteiger partial charge in [0.25, 0.3) is 0 Å². The number of hydrogen-bond acceptors (Lipinski definition) is 4. The molecule has 1 heterocycles. The van der Waals surface area contributed by atoms with Crippen LogP contribution >= 0.6 is 11.6 Å². The van der Waals surface area contributed by atoms with Crippen LogP contribution in [0, 0.1) is 12.7 Å². The molecule has 0 atom stereocenters. The second kappa shape index (κ2) is 7.27. The smallest absolute Gasteiger partial charge is 0.151 e. The van der Waals surface area contributed by atoms with E-state index < -0.39 is 5.82 Å². The molecular weight excluding hydrogens is 341 g/mol. The van der Waals surface area contributed by atoms with Crippen molar-refractivity contribution >= 4 is 11.6 Å². The highest BCUT2D eigenvalue weighted by Gasteiger charge is 2.17. The van der Waals surface area contributed by atoms with E-state index in [-0.39, 0.29) is 17.2 Å². The standard InChI is InChI=1S/C19H17ClFN3O/c1-11-18(14-6-3-7-15(20)17(14)21)24-16(10-25)19(23-11)13-5-2-4-12(8-13)9-22/h2-8,25H,9-10,22H2,1H3. The SMILES string of the molecule is Cc1nc(-c2cccc(CN)c2)c(CO)nc1-c1cccc(Cl)c1F. The van der Waals surface area contributed by atoms with Crippen LogP contribution < -0.4 is 5.73 Å². The first-order valence-corrected chi connectivity index (χ1v) is 8.15. The molecular formula is C19H17ClFN3O. The summed E-state index contributed by atoms with van der Waals surface area (Å²) in [5.74, 6) is -0.552. The number of hydrogen-bond donors (Lipinski definition) is 2. The van der Waals surface area contributed by atoms with Gasteiger partial charge < -0.3 is 10.8 Å². The van der Waals surface area contributed by atoms with Crippen LogP contribution in [0.3, 0.4) is 0 Å². The monoisotopic (exact) mass is 357 g/mol. The number of rotatable bonds is 4. The zero-order chi connectivity index (χ0) is 18.0. The van der Waals surface area contributed by atoms with Gasteiger partial charge in [0.2, 0.25) is 0 Å². The highest BCUT2D eigenvalue weighted by molar-refractivity contribution is 6.31. The first-order chi connectivity index (χ1) is 12.0. The molecule has 0 saturated heterocycles. The van der Waals surface area contributed by atoms with Crippen molar-refractivity contribution in [3.8, 4) is 22.5 Å². The molecule has 0 amide bonds. The second-order valence-electron chi connectivity index (χ2n) is 5.62. The number of aliphatic hydroxyl groups is 1. The number of aromatic nitrogens is 2. The Balaban J connectivity index is 2.18. The molecule has 0 spiro atoms. The fourth-order valence-corrected chi connectivity index (χ4v) is 2.86. The van der Waals surface area contributed by atoms with Crippen LogP contribution in [0.25, 0.3) is 22.5 Å². The van der Waals surface area contributed by atoms with Crippen molar-refractivity contribution in [1.82, 2.24) is 9.97 Å². The van der Waals surface area contributed by atoms with Gasteiger partial charge in [0.1, 0.15) is 0 Å². The lowest BCUT2D eigenvalue weighted by molar-refractivity contribution is 0.277. The molecule has 2 aromatic carbocycles. The molecule has 6 heteroatoms. The van der Waals surface area contributed by atoms with Crippen molar-refractivity contribution in [3.63, 3.8) is 0 Å². The van der Waals surface area contributed by atoms with Crippen LogP contribution in [0.15, 0.2) is 42.5 Å². The van der Waals surface area contributed by atoms with Gasteiger partial charge in [-0.15, -0.1) is 0 Å². The summed E-state index contributed by atoms with van der Waals surface area (Å²) in [5.41, 5.74) is 9.54. The maximum Gasteiger partial charge on any atom is 0.151 e. The molecule has 25 heavy (non-hydrogen) atoms. The third-order valence-electron chi connectivity index (χ3n) is 3.93. The van der Waals surface area contributed by atoms with E-state index in [0.29, 0.717) is 29.3 Å². The fraction of sp³-hybridized carbons (Fsp3) is 0.158. The highest BCUT2D eigenvalue weighted by Crippen LogP contribution is 2.31. The number of aryl methyl sites for hydroxylation is 1. The Morgan fingerprint density at radius 1 is 1.12 bits per heavy atom. The van der Waals surface area contributed by atoms with Gasteiger partial charge in [0.05, 0.1) is 34.4 Å². The van der Waals surface area contributed by atoms with E-state index >= 15 is 0 Å². The molecule has 3 aromatic rings. The topological polar surface area (TPSA) is 72.0 Å². The molecule has 0 bridgehead atoms. The summed E-state index contributed by atoms with van der Waals surface area (Å²) in [7, 11) is 0. The average molecular weight is 358 g/mol. The lowest BCUT2D eigenvalue weighted by atomic mass is 10.0. The maximum atomic E-state index is 14.3. The van der Waals surface area contributed by atoms with Crippen LogP contribution in [0.2, 0.25) is 5.02 Å². The van der Waals surface area contributed by atoms with Gasteiger partial charge in [0.15, 0.2) is 5.82 Å². The molecule has 128 valence electrons. The third-order valence-corrected chi connectivity index (χ3v) is 4.23. The molecule has 0 aliphatic heterocycles. The molecule has 3 N–H and O–H groups in total. The quantitative estimate of drug-likeness (QED) is 0.743. The van der Waals surface area contributed by atoms with Gasteiger partial charge in [-0.2, -0.15) is 0 Å². The predicted octanol–water partition coefficient (Wildman–Crippen LogP) is 3.86. The van der Waals surface area contributed by atoms with E-state index in [2.05, 4.69) is 9.97 Å². The van der Waals surface area contributed by atoms with Crippen LogP contribution in [-0.2, 0) is 13.2 Å². The molecule has 0 aliphatic carbocycles. The lowest BCUT2D eigenvalue weighted by Crippen LogP contribution is -2.04. The molecule has 0 saturated carbocycles. The zero-order valence-electron chi connectivity index (χ0n) is 13.6. The number of benzene rings is 2. The summed E-state index contributed by atoms with van der Waals surface area (Å²) in [5, 5.41) is 9.76. The van der Waals surface area contributed by atoms with E-state index in [1.165, 1.54) is 6.07 Å². The number of nitrogens with two attached hydrogens (primary N) is 1. The van der Waals surface area contributed by atoms with Crippen molar-refractivity contribution in [2.24, 2.45) is 5.73 Å². The second-order valence-corrected chi connectivity index (χ2v) is 6.02. The summed E-state index contributed by atoms with van der Waals surface area (Å²) in [4.78, 5) is 9.02. The molecule has 0 aliphatic rings. The summed E-state index contributed by atoms with van der Waals surface area (Å²) in [6.07, 6.45) is 0. The number of aliphatic hydroxyl groups excluding tert-OH is 1. The summed E-state index contributed by atoms with van der Waals surface area (Å²) in [6.45, 7) is 1.84. The Labute approximate surface area is 150 Å². The van der Waals surface area contributed by atoms with Gasteiger partial charge in [-0.25, -0.2) is 14.4 Å². The third kappa shape index (κ3) is 3.39. The minimum absolute atomic E-state index is 0.0176. The van der Waals surface area contributed by atoms with Crippen LogP contribution in [0.4, 0.5) is 4.39 Å². The van der Waals surface area contributed by atoms with Crippen LogP contribution in [0.1, 0.15) is 17.0 Å². The zero-order valence-corrected chi connectivity index (χ0v) is 14.4. The van der Waals surface area contributed by atoms with E-state index in [9.17, 15) is 9.50 Å². The molecule has 0 radical (unpaired) electrons. The van der Waals surface area contributed by atoms with E-state index in [0.717, 1.165) is 11.1 Å². The Bertz CT molecular complexity index is 931. The number of nitrogens with zero attached hydrogens (tertiary/aromatic N) is 2. The lowest BCUT2D eigenvalue weighted by Gasteiger charge is -2.13. The summed E-state index contributed by atoms with van der Waals surface area (Å²) < 4.78 is 14.3. The van der Waals surface area contributed by atoms with Crippen molar-refractivity contribution in [3.05, 3.63) is 70.3 Å². The minimum atomic E-state index is -0.552. The van der Waals surface area contributed by atoms with Gasteiger partial charge in [0, 0.05) is 17.7 Å². The first kappa shape index (κ1) is 17.5. The minimum Gasteiger partial charge on any atom is -0.390 e. The molecule has 3 rings (SSSR count). The molecule has 4 nitrogen and oxygen atoms in total. The Morgan fingerprint density at radius 3 is 2.60 bits per heavy atom. The van der Waals surface area contributed by atoms with Crippen molar-refractivity contribution in [2.75, 3.05) is 0 Å². The van der Waals surface area contributed by atoms with E-state index in [1.54, 1.807) is 19.1 Å². The van der Waals surface area contributed by atoms with Gasteiger partial charge in [-0.05, 0) is 30.7 Å².